The summed E-state index contributed by atoms with van der Waals surface area (Å²) >= 11 is 4.65. The van der Waals surface area contributed by atoms with Gasteiger partial charge >= 0.3 is 0 Å². The third-order valence-corrected chi connectivity index (χ3v) is 3.46. The molecule has 0 saturated carbocycles. The van der Waals surface area contributed by atoms with Gasteiger partial charge in [0.15, 0.2) is 0 Å². The summed E-state index contributed by atoms with van der Waals surface area (Å²) < 4.78 is 15.7. The molecule has 4 heteroatoms. The predicted molar refractivity (Wildman–Crippen MR) is 65.8 cm³/mol. The molecule has 0 aliphatic carbocycles. The van der Waals surface area contributed by atoms with E-state index in [0.29, 0.717) is 13.2 Å². The average molecular weight is 240 g/mol. The summed E-state index contributed by atoms with van der Waals surface area (Å²) in [5.74, 6) is 1.68. The van der Waals surface area contributed by atoms with Gasteiger partial charge in [0.25, 0.3) is 0 Å². The first kappa shape index (κ1) is 11.6. The first-order chi connectivity index (χ1) is 7.62. The van der Waals surface area contributed by atoms with Crippen molar-refractivity contribution in [2.45, 2.75) is 11.7 Å². The van der Waals surface area contributed by atoms with Crippen molar-refractivity contribution in [3.63, 3.8) is 0 Å². The SMILES string of the molecule is COc1ccc(C2(S)COC2)c(OC)c1C. The van der Waals surface area contributed by atoms with Gasteiger partial charge in [0, 0.05) is 11.1 Å². The third-order valence-electron chi connectivity index (χ3n) is 2.96. The van der Waals surface area contributed by atoms with E-state index in [1.807, 2.05) is 19.1 Å². The lowest BCUT2D eigenvalue weighted by Gasteiger charge is -2.38. The molecule has 1 aromatic carbocycles. The largest absolute Gasteiger partial charge is 0.496 e. The Kier molecular flexibility index (Phi) is 3.04. The molecule has 16 heavy (non-hydrogen) atoms. The van der Waals surface area contributed by atoms with E-state index in [-0.39, 0.29) is 4.75 Å². The van der Waals surface area contributed by atoms with Crippen LogP contribution in [0.15, 0.2) is 12.1 Å². The number of hydrogen-bond donors (Lipinski definition) is 1. The molecule has 1 heterocycles. The second kappa shape index (κ2) is 4.18. The van der Waals surface area contributed by atoms with Gasteiger partial charge in [-0.25, -0.2) is 0 Å². The summed E-state index contributed by atoms with van der Waals surface area (Å²) in [5, 5.41) is 0. The zero-order valence-corrected chi connectivity index (χ0v) is 10.6. The van der Waals surface area contributed by atoms with Crippen LogP contribution in [0.4, 0.5) is 0 Å². The quantitative estimate of drug-likeness (QED) is 0.821. The number of hydrogen-bond acceptors (Lipinski definition) is 4. The second-order valence-corrected chi connectivity index (χ2v) is 4.85. The van der Waals surface area contributed by atoms with Crippen LogP contribution in [0.2, 0.25) is 0 Å². The molecule has 0 amide bonds. The van der Waals surface area contributed by atoms with Gasteiger partial charge in [0.1, 0.15) is 11.5 Å². The number of ether oxygens (including phenoxy) is 3. The van der Waals surface area contributed by atoms with E-state index < -0.39 is 0 Å². The fourth-order valence-corrected chi connectivity index (χ4v) is 2.33. The minimum Gasteiger partial charge on any atom is -0.496 e. The Balaban J connectivity index is 2.50. The number of rotatable bonds is 3. The lowest BCUT2D eigenvalue weighted by Crippen LogP contribution is -2.42. The summed E-state index contributed by atoms with van der Waals surface area (Å²) in [6, 6.07) is 3.95. The van der Waals surface area contributed by atoms with E-state index in [9.17, 15) is 0 Å². The van der Waals surface area contributed by atoms with Gasteiger partial charge in [-0.3, -0.25) is 0 Å². The standard InChI is InChI=1S/C12H16O3S/c1-8-10(13-2)5-4-9(11(8)14-3)12(16)6-15-7-12/h4-5,16H,6-7H2,1-3H3. The van der Waals surface area contributed by atoms with Crippen molar-refractivity contribution < 1.29 is 14.2 Å². The van der Waals surface area contributed by atoms with Gasteiger partial charge in [-0.15, -0.1) is 0 Å². The van der Waals surface area contributed by atoms with Crippen molar-refractivity contribution in [3.05, 3.63) is 23.3 Å². The van der Waals surface area contributed by atoms with Crippen LogP contribution in [0, 0.1) is 6.92 Å². The average Bonchev–Trinajstić information content (AvgIpc) is 2.25. The Morgan fingerprint density at radius 2 is 1.94 bits per heavy atom. The zero-order valence-electron chi connectivity index (χ0n) is 9.74. The predicted octanol–water partition coefficient (Wildman–Crippen LogP) is 2.17. The highest BCUT2D eigenvalue weighted by Gasteiger charge is 2.39. The summed E-state index contributed by atoms with van der Waals surface area (Å²) in [4.78, 5) is 0. The molecule has 0 spiro atoms. The van der Waals surface area contributed by atoms with E-state index in [4.69, 9.17) is 14.2 Å². The minimum atomic E-state index is -0.220. The van der Waals surface area contributed by atoms with Gasteiger partial charge in [0.05, 0.1) is 32.2 Å². The Hall–Kier alpha value is -0.870. The molecule has 88 valence electrons. The smallest absolute Gasteiger partial charge is 0.130 e. The molecule has 1 saturated heterocycles. The molecular formula is C12H16O3S. The molecule has 0 unspecified atom stereocenters. The second-order valence-electron chi connectivity index (χ2n) is 4.00. The Bertz CT molecular complexity index is 399. The number of methoxy groups -OCH3 is 2. The lowest BCUT2D eigenvalue weighted by atomic mass is 9.93. The molecule has 0 atom stereocenters. The van der Waals surface area contributed by atoms with Crippen molar-refractivity contribution in [1.82, 2.24) is 0 Å². The van der Waals surface area contributed by atoms with Gasteiger partial charge in [-0.05, 0) is 13.0 Å². The highest BCUT2D eigenvalue weighted by atomic mass is 32.1. The summed E-state index contributed by atoms with van der Waals surface area (Å²) in [6.07, 6.45) is 0. The van der Waals surface area contributed by atoms with E-state index in [2.05, 4.69) is 12.6 Å². The zero-order chi connectivity index (χ0) is 11.8. The van der Waals surface area contributed by atoms with Crippen LogP contribution in [-0.4, -0.2) is 27.4 Å². The minimum absolute atomic E-state index is 0.220. The van der Waals surface area contributed by atoms with E-state index in [1.54, 1.807) is 14.2 Å². The van der Waals surface area contributed by atoms with E-state index in [1.165, 1.54) is 0 Å². The van der Waals surface area contributed by atoms with Gasteiger partial charge in [-0.1, -0.05) is 6.07 Å². The van der Waals surface area contributed by atoms with Crippen LogP contribution in [0.5, 0.6) is 11.5 Å². The van der Waals surface area contributed by atoms with Crippen LogP contribution >= 0.6 is 12.6 Å². The lowest BCUT2D eigenvalue weighted by molar-refractivity contribution is -0.0107. The van der Waals surface area contributed by atoms with Gasteiger partial charge in [-0.2, -0.15) is 12.6 Å². The fourth-order valence-electron chi connectivity index (χ4n) is 1.98. The van der Waals surface area contributed by atoms with Crippen LogP contribution < -0.4 is 9.47 Å². The molecule has 0 bridgehead atoms. The van der Waals surface area contributed by atoms with Gasteiger partial charge in [0.2, 0.25) is 0 Å². The molecule has 0 radical (unpaired) electrons. The normalized spacial score (nSPS) is 17.8. The molecule has 3 nitrogen and oxygen atoms in total. The van der Waals surface area contributed by atoms with Crippen LogP contribution in [0.25, 0.3) is 0 Å². The first-order valence-corrected chi connectivity index (χ1v) is 5.59. The summed E-state index contributed by atoms with van der Waals surface area (Å²) in [6.45, 7) is 3.23. The maximum absolute atomic E-state index is 5.46. The Morgan fingerprint density at radius 3 is 2.38 bits per heavy atom. The molecule has 0 aromatic heterocycles. The van der Waals surface area contributed by atoms with Crippen LogP contribution in [0.1, 0.15) is 11.1 Å². The van der Waals surface area contributed by atoms with Crippen molar-refractivity contribution in [2.24, 2.45) is 0 Å². The fraction of sp³-hybridized carbons (Fsp3) is 0.500. The van der Waals surface area contributed by atoms with Crippen molar-refractivity contribution in [3.8, 4) is 11.5 Å². The highest BCUT2D eigenvalue weighted by molar-refractivity contribution is 7.81. The van der Waals surface area contributed by atoms with Crippen molar-refractivity contribution in [2.75, 3.05) is 27.4 Å². The summed E-state index contributed by atoms with van der Waals surface area (Å²) in [5.41, 5.74) is 2.07. The van der Waals surface area contributed by atoms with E-state index >= 15 is 0 Å². The van der Waals surface area contributed by atoms with Crippen LogP contribution in [-0.2, 0) is 9.48 Å². The van der Waals surface area contributed by atoms with Crippen LogP contribution in [0.3, 0.4) is 0 Å². The third kappa shape index (κ3) is 1.66. The molecular weight excluding hydrogens is 224 g/mol. The monoisotopic (exact) mass is 240 g/mol. The van der Waals surface area contributed by atoms with Gasteiger partial charge < -0.3 is 14.2 Å². The highest BCUT2D eigenvalue weighted by Crippen LogP contribution is 2.44. The van der Waals surface area contributed by atoms with Crippen molar-refractivity contribution in [1.29, 1.82) is 0 Å². The molecule has 1 fully saturated rings. The molecule has 1 aliphatic heterocycles. The molecule has 1 aromatic rings. The van der Waals surface area contributed by atoms with E-state index in [0.717, 1.165) is 22.6 Å². The molecule has 2 rings (SSSR count). The number of benzene rings is 1. The molecule has 0 N–H and O–H groups in total. The first-order valence-electron chi connectivity index (χ1n) is 5.14. The topological polar surface area (TPSA) is 27.7 Å². The Morgan fingerprint density at radius 1 is 1.25 bits per heavy atom. The Labute approximate surface area is 101 Å². The maximum atomic E-state index is 5.46. The summed E-state index contributed by atoms with van der Waals surface area (Å²) in [7, 11) is 3.33. The number of thiol groups is 1. The maximum Gasteiger partial charge on any atom is 0.130 e. The molecule has 1 aliphatic rings. The van der Waals surface area contributed by atoms with Crippen molar-refractivity contribution >= 4 is 12.6 Å².